The standard InChI is InChI=1S/C50H36N2/c1-3-12-35(13-4-1)40-16-11-19-44(33-40)51(43-28-24-37(25-29-43)41-23-22-36-14-7-8-15-39(36)32-41)45-30-26-38-27-31-47-46-20-9-10-21-49(46)52(50(47)48(38)34-45)42-17-5-2-6-18-42/h1-24,26-34,37H,25H2. The number of anilines is 2. The van der Waals surface area contributed by atoms with Gasteiger partial charge in [0.05, 0.1) is 11.0 Å². The van der Waals surface area contributed by atoms with Crippen LogP contribution >= 0.6 is 0 Å². The summed E-state index contributed by atoms with van der Waals surface area (Å²) < 4.78 is 2.44. The first-order chi connectivity index (χ1) is 25.8. The minimum atomic E-state index is 0.323. The lowest BCUT2D eigenvalue weighted by molar-refractivity contribution is 0.841. The van der Waals surface area contributed by atoms with Crippen molar-refractivity contribution < 1.29 is 0 Å². The first kappa shape index (κ1) is 30.2. The number of nitrogens with zero attached hydrogens (tertiary/aromatic N) is 2. The number of benzene rings is 8. The summed E-state index contributed by atoms with van der Waals surface area (Å²) in [5, 5.41) is 7.55. The van der Waals surface area contributed by atoms with Gasteiger partial charge in [0, 0.05) is 44.8 Å². The van der Waals surface area contributed by atoms with Crippen molar-refractivity contribution in [3.8, 4) is 16.8 Å². The molecule has 0 saturated heterocycles. The zero-order chi connectivity index (χ0) is 34.4. The van der Waals surface area contributed by atoms with E-state index in [0.29, 0.717) is 5.92 Å². The molecule has 1 aromatic heterocycles. The van der Waals surface area contributed by atoms with Gasteiger partial charge in [0.2, 0.25) is 0 Å². The number of rotatable bonds is 6. The van der Waals surface area contributed by atoms with Crippen molar-refractivity contribution in [1.82, 2.24) is 4.57 Å². The lowest BCUT2D eigenvalue weighted by Gasteiger charge is -2.30. The molecule has 0 aliphatic heterocycles. The topological polar surface area (TPSA) is 8.17 Å². The first-order valence-electron chi connectivity index (χ1n) is 18.1. The number of hydrogen-bond donors (Lipinski definition) is 0. The molecule has 246 valence electrons. The fourth-order valence-corrected chi connectivity index (χ4v) is 8.11. The molecule has 1 heterocycles. The van der Waals surface area contributed by atoms with Crippen LogP contribution in [-0.2, 0) is 0 Å². The molecule has 0 radical (unpaired) electrons. The Morgan fingerprint density at radius 2 is 1.19 bits per heavy atom. The van der Waals surface area contributed by atoms with Gasteiger partial charge in [-0.1, -0.05) is 152 Å². The van der Waals surface area contributed by atoms with E-state index >= 15 is 0 Å². The summed E-state index contributed by atoms with van der Waals surface area (Å²) >= 11 is 0. The Morgan fingerprint density at radius 1 is 0.481 bits per heavy atom. The van der Waals surface area contributed by atoms with Crippen molar-refractivity contribution in [1.29, 1.82) is 0 Å². The highest BCUT2D eigenvalue weighted by Crippen LogP contribution is 2.41. The van der Waals surface area contributed by atoms with Crippen LogP contribution < -0.4 is 4.90 Å². The lowest BCUT2D eigenvalue weighted by atomic mass is 9.90. The SMILES string of the molecule is C1=CC(c2ccc3ccccc3c2)CC=C1N(c1cccc(-c2ccccc2)c1)c1ccc2ccc3c4ccccc4n(-c4ccccc4)c3c2c1. The van der Waals surface area contributed by atoms with Crippen molar-refractivity contribution in [2.24, 2.45) is 0 Å². The van der Waals surface area contributed by atoms with Crippen LogP contribution in [0.1, 0.15) is 17.9 Å². The van der Waals surface area contributed by atoms with Gasteiger partial charge in [-0.15, -0.1) is 0 Å². The average molecular weight is 665 g/mol. The largest absolute Gasteiger partial charge is 0.311 e. The fourth-order valence-electron chi connectivity index (χ4n) is 8.11. The van der Waals surface area contributed by atoms with Crippen molar-refractivity contribution in [3.05, 3.63) is 211 Å². The fraction of sp³-hybridized carbons (Fsp3) is 0.0400. The molecule has 0 saturated carbocycles. The molecule has 0 amide bonds. The molecule has 0 spiro atoms. The minimum Gasteiger partial charge on any atom is -0.311 e. The summed E-state index contributed by atoms with van der Waals surface area (Å²) in [5.74, 6) is 0.323. The Morgan fingerprint density at radius 3 is 2.04 bits per heavy atom. The molecule has 9 aromatic rings. The molecular weight excluding hydrogens is 629 g/mol. The molecule has 2 nitrogen and oxygen atoms in total. The maximum atomic E-state index is 2.44. The van der Waals surface area contributed by atoms with Gasteiger partial charge < -0.3 is 9.47 Å². The van der Waals surface area contributed by atoms with E-state index in [1.165, 1.54) is 65.7 Å². The predicted octanol–water partition coefficient (Wildman–Crippen LogP) is 13.5. The Hall–Kier alpha value is -6.64. The van der Waals surface area contributed by atoms with Gasteiger partial charge in [-0.3, -0.25) is 0 Å². The molecule has 8 aromatic carbocycles. The normalized spacial score (nSPS) is 14.3. The predicted molar refractivity (Wildman–Crippen MR) is 221 cm³/mol. The van der Waals surface area contributed by atoms with E-state index in [-0.39, 0.29) is 0 Å². The summed E-state index contributed by atoms with van der Waals surface area (Å²) in [5.41, 5.74) is 10.8. The highest BCUT2D eigenvalue weighted by Gasteiger charge is 2.21. The summed E-state index contributed by atoms with van der Waals surface area (Å²) in [6.45, 7) is 0. The third-order valence-corrected chi connectivity index (χ3v) is 10.7. The summed E-state index contributed by atoms with van der Waals surface area (Å²) in [7, 11) is 0. The van der Waals surface area contributed by atoms with E-state index in [4.69, 9.17) is 0 Å². The quantitative estimate of drug-likeness (QED) is 0.172. The molecule has 10 rings (SSSR count). The molecule has 0 fully saturated rings. The highest BCUT2D eigenvalue weighted by molar-refractivity contribution is 6.19. The van der Waals surface area contributed by atoms with E-state index in [9.17, 15) is 0 Å². The second kappa shape index (κ2) is 12.6. The molecule has 0 bridgehead atoms. The molecule has 0 N–H and O–H groups in total. The Bertz CT molecular complexity index is 2820. The third kappa shape index (κ3) is 5.20. The Kier molecular flexibility index (Phi) is 7.32. The van der Waals surface area contributed by atoms with Crippen LogP contribution in [0.25, 0.3) is 60.2 Å². The summed E-state index contributed by atoms with van der Waals surface area (Å²) in [6, 6.07) is 66.2. The smallest absolute Gasteiger partial charge is 0.0620 e. The third-order valence-electron chi connectivity index (χ3n) is 10.7. The maximum Gasteiger partial charge on any atom is 0.0620 e. The van der Waals surface area contributed by atoms with Crippen LogP contribution in [0.15, 0.2) is 206 Å². The van der Waals surface area contributed by atoms with Crippen LogP contribution in [0.2, 0.25) is 0 Å². The van der Waals surface area contributed by atoms with Gasteiger partial charge in [0.1, 0.15) is 0 Å². The molecule has 1 aliphatic carbocycles. The van der Waals surface area contributed by atoms with Gasteiger partial charge in [-0.25, -0.2) is 0 Å². The Balaban J connectivity index is 1.14. The zero-order valence-electron chi connectivity index (χ0n) is 28.7. The molecular formula is C50H36N2. The van der Waals surface area contributed by atoms with Gasteiger partial charge in [0.25, 0.3) is 0 Å². The first-order valence-corrected chi connectivity index (χ1v) is 18.1. The van der Waals surface area contributed by atoms with Crippen LogP contribution in [0.5, 0.6) is 0 Å². The van der Waals surface area contributed by atoms with E-state index in [2.05, 4.69) is 210 Å². The van der Waals surface area contributed by atoms with E-state index in [0.717, 1.165) is 23.5 Å². The van der Waals surface area contributed by atoms with Crippen molar-refractivity contribution in [2.45, 2.75) is 12.3 Å². The van der Waals surface area contributed by atoms with Crippen molar-refractivity contribution >= 4 is 54.7 Å². The number of para-hydroxylation sites is 2. The van der Waals surface area contributed by atoms with Gasteiger partial charge in [-0.05, 0) is 87.8 Å². The minimum absolute atomic E-state index is 0.323. The van der Waals surface area contributed by atoms with Crippen LogP contribution in [0, 0.1) is 0 Å². The highest BCUT2D eigenvalue weighted by atomic mass is 15.1. The summed E-state index contributed by atoms with van der Waals surface area (Å²) in [6.07, 6.45) is 8.06. The number of aromatic nitrogens is 1. The average Bonchev–Trinajstić information content (AvgIpc) is 3.57. The molecule has 1 aliphatic rings. The lowest BCUT2D eigenvalue weighted by Crippen LogP contribution is -2.17. The monoisotopic (exact) mass is 664 g/mol. The van der Waals surface area contributed by atoms with Crippen LogP contribution in [0.4, 0.5) is 11.4 Å². The molecule has 1 unspecified atom stereocenters. The second-order valence-corrected chi connectivity index (χ2v) is 13.7. The molecule has 1 atom stereocenters. The second-order valence-electron chi connectivity index (χ2n) is 13.7. The number of allylic oxidation sites excluding steroid dienone is 3. The number of hydrogen-bond acceptors (Lipinski definition) is 1. The van der Waals surface area contributed by atoms with E-state index < -0.39 is 0 Å². The summed E-state index contributed by atoms with van der Waals surface area (Å²) in [4.78, 5) is 2.44. The van der Waals surface area contributed by atoms with Crippen LogP contribution in [0.3, 0.4) is 0 Å². The number of fused-ring (bicyclic) bond motifs is 6. The van der Waals surface area contributed by atoms with E-state index in [1.54, 1.807) is 0 Å². The zero-order valence-corrected chi connectivity index (χ0v) is 28.7. The van der Waals surface area contributed by atoms with Gasteiger partial charge in [0.15, 0.2) is 0 Å². The molecule has 2 heteroatoms. The van der Waals surface area contributed by atoms with Crippen LogP contribution in [-0.4, -0.2) is 4.57 Å². The van der Waals surface area contributed by atoms with Gasteiger partial charge >= 0.3 is 0 Å². The van der Waals surface area contributed by atoms with Gasteiger partial charge in [-0.2, -0.15) is 0 Å². The molecule has 52 heavy (non-hydrogen) atoms. The Labute approximate surface area is 303 Å². The van der Waals surface area contributed by atoms with Crippen molar-refractivity contribution in [2.75, 3.05) is 4.90 Å². The maximum absolute atomic E-state index is 2.44. The van der Waals surface area contributed by atoms with E-state index in [1.807, 2.05) is 0 Å². The van der Waals surface area contributed by atoms with Crippen molar-refractivity contribution in [3.63, 3.8) is 0 Å².